The molecule has 1 saturated heterocycles. The number of benzene rings is 2. The van der Waals surface area contributed by atoms with Crippen molar-refractivity contribution < 1.29 is 28.2 Å². The van der Waals surface area contributed by atoms with Gasteiger partial charge in [0.15, 0.2) is 23.1 Å². The molecule has 1 aliphatic heterocycles. The number of hydrogen-bond donors (Lipinski definition) is 3. The topological polar surface area (TPSA) is 125 Å². The molecule has 0 saturated carbocycles. The van der Waals surface area contributed by atoms with Gasteiger partial charge in [0.05, 0.1) is 19.2 Å². The van der Waals surface area contributed by atoms with Crippen LogP contribution in [0.4, 0.5) is 10.1 Å². The van der Waals surface area contributed by atoms with Crippen molar-refractivity contribution in [3.63, 3.8) is 0 Å². The maximum atomic E-state index is 14.6. The highest BCUT2D eigenvalue weighted by atomic mass is 19.1. The maximum absolute atomic E-state index is 14.6. The summed E-state index contributed by atoms with van der Waals surface area (Å²) in [5.41, 5.74) is 5.58. The Morgan fingerprint density at radius 3 is 2.50 bits per heavy atom. The zero-order valence-corrected chi connectivity index (χ0v) is 20.6. The molecule has 2 aromatic carbocycles. The lowest BCUT2D eigenvalue weighted by molar-refractivity contribution is -0.134. The highest BCUT2D eigenvalue weighted by Crippen LogP contribution is 2.38. The minimum atomic E-state index is -1.17. The Labute approximate surface area is 209 Å². The second-order valence-electron chi connectivity index (χ2n) is 7.90. The van der Waals surface area contributed by atoms with Crippen molar-refractivity contribution >= 4 is 28.4 Å². The number of ether oxygens (including phenoxy) is 3. The summed E-state index contributed by atoms with van der Waals surface area (Å²) >= 11 is 0. The number of nitrogens with zero attached hydrogens (tertiary/aromatic N) is 1. The van der Waals surface area contributed by atoms with Gasteiger partial charge in [-0.25, -0.2) is 4.39 Å². The number of piperidine rings is 1. The van der Waals surface area contributed by atoms with Gasteiger partial charge in [-0.2, -0.15) is 0 Å². The van der Waals surface area contributed by atoms with E-state index in [0.717, 1.165) is 32.0 Å². The molecule has 1 aliphatic rings. The molecule has 0 aliphatic carbocycles. The molecular formula is C26H31FN4O5. The lowest BCUT2D eigenvalue weighted by atomic mass is 9.99. The Balaban J connectivity index is 0.00000176. The maximum Gasteiger partial charge on any atom is 0.313 e. The minimum absolute atomic E-state index is 0.0743. The number of halogens is 1. The number of aromatic nitrogens is 1. The van der Waals surface area contributed by atoms with Crippen LogP contribution in [0.1, 0.15) is 26.7 Å². The van der Waals surface area contributed by atoms with Crippen molar-refractivity contribution in [3.05, 3.63) is 48.4 Å². The van der Waals surface area contributed by atoms with E-state index in [2.05, 4.69) is 15.6 Å². The van der Waals surface area contributed by atoms with Gasteiger partial charge in [0, 0.05) is 29.4 Å². The smallest absolute Gasteiger partial charge is 0.313 e. The number of anilines is 1. The van der Waals surface area contributed by atoms with Crippen LogP contribution in [0, 0.1) is 11.7 Å². The first kappa shape index (κ1) is 26.7. The van der Waals surface area contributed by atoms with Crippen LogP contribution >= 0.6 is 0 Å². The van der Waals surface area contributed by atoms with Crippen molar-refractivity contribution in [2.45, 2.75) is 26.7 Å². The molecule has 192 valence electrons. The van der Waals surface area contributed by atoms with Crippen molar-refractivity contribution in [3.8, 4) is 23.0 Å². The first-order chi connectivity index (χ1) is 17.4. The third-order valence-corrected chi connectivity index (χ3v) is 5.55. The molecule has 10 heteroatoms. The summed E-state index contributed by atoms with van der Waals surface area (Å²) in [5, 5.41) is 6.15. The summed E-state index contributed by atoms with van der Waals surface area (Å²) in [6.45, 7) is 6.56. The largest absolute Gasteiger partial charge is 0.493 e. The van der Waals surface area contributed by atoms with E-state index in [1.54, 1.807) is 31.5 Å². The fraction of sp³-hybridized carbons (Fsp3) is 0.346. The van der Waals surface area contributed by atoms with Crippen LogP contribution < -0.4 is 30.6 Å². The van der Waals surface area contributed by atoms with Crippen LogP contribution in [0.5, 0.6) is 23.0 Å². The number of rotatable bonds is 7. The average Bonchev–Trinajstić information content (AvgIpc) is 2.90. The van der Waals surface area contributed by atoms with E-state index in [0.29, 0.717) is 40.7 Å². The summed E-state index contributed by atoms with van der Waals surface area (Å²) in [4.78, 5) is 26.7. The van der Waals surface area contributed by atoms with E-state index in [1.165, 1.54) is 12.1 Å². The fourth-order valence-corrected chi connectivity index (χ4v) is 3.72. The number of nitrogens with one attached hydrogen (secondary N) is 2. The summed E-state index contributed by atoms with van der Waals surface area (Å²) < 4.78 is 32.0. The number of amides is 2. The average molecular weight is 499 g/mol. The van der Waals surface area contributed by atoms with E-state index in [-0.39, 0.29) is 11.4 Å². The summed E-state index contributed by atoms with van der Waals surface area (Å²) in [6.07, 6.45) is 3.67. The lowest BCUT2D eigenvalue weighted by Crippen LogP contribution is -2.30. The van der Waals surface area contributed by atoms with Gasteiger partial charge in [0.1, 0.15) is 5.75 Å². The number of carbonyl (C=O) groups is 2. The number of hydrogen-bond acceptors (Lipinski definition) is 7. The molecule has 0 unspecified atom stereocenters. The van der Waals surface area contributed by atoms with Crippen LogP contribution in [0.3, 0.4) is 0 Å². The Hall–Kier alpha value is -3.92. The van der Waals surface area contributed by atoms with Crippen LogP contribution in [0.2, 0.25) is 0 Å². The second-order valence-corrected chi connectivity index (χ2v) is 7.90. The monoisotopic (exact) mass is 498 g/mol. The molecule has 0 bridgehead atoms. The normalized spacial score (nSPS) is 13.3. The van der Waals surface area contributed by atoms with Gasteiger partial charge in [-0.1, -0.05) is 13.8 Å². The molecule has 1 fully saturated rings. The van der Waals surface area contributed by atoms with E-state index in [4.69, 9.17) is 19.9 Å². The number of pyridine rings is 1. The predicted octanol–water partition coefficient (Wildman–Crippen LogP) is 4.00. The van der Waals surface area contributed by atoms with Gasteiger partial charge in [-0.15, -0.1) is 0 Å². The van der Waals surface area contributed by atoms with E-state index >= 15 is 0 Å². The zero-order valence-electron chi connectivity index (χ0n) is 20.6. The Morgan fingerprint density at radius 2 is 1.83 bits per heavy atom. The predicted molar refractivity (Wildman–Crippen MR) is 135 cm³/mol. The molecule has 1 aromatic heterocycles. The molecule has 3 aromatic rings. The Morgan fingerprint density at radius 1 is 1.08 bits per heavy atom. The zero-order chi connectivity index (χ0) is 26.1. The van der Waals surface area contributed by atoms with Crippen molar-refractivity contribution in [1.82, 2.24) is 10.3 Å². The highest BCUT2D eigenvalue weighted by molar-refractivity contribution is 6.39. The second kappa shape index (κ2) is 12.7. The SMILES string of the molecule is CC.COc1cc2c(Oc3ccc(NC(=O)C(N)=O)cc3F)ccnc2cc1OCC1CCNCC1. The summed E-state index contributed by atoms with van der Waals surface area (Å²) in [5.74, 6) is -1.08. The highest BCUT2D eigenvalue weighted by Gasteiger charge is 2.17. The van der Waals surface area contributed by atoms with E-state index in [9.17, 15) is 14.0 Å². The van der Waals surface area contributed by atoms with E-state index < -0.39 is 17.6 Å². The first-order valence-corrected chi connectivity index (χ1v) is 11.8. The van der Waals surface area contributed by atoms with Gasteiger partial charge < -0.3 is 30.6 Å². The van der Waals surface area contributed by atoms with Crippen LogP contribution in [0.25, 0.3) is 10.9 Å². The Bertz CT molecular complexity index is 1210. The molecule has 2 amide bonds. The van der Waals surface area contributed by atoms with Crippen LogP contribution in [-0.4, -0.2) is 43.6 Å². The molecule has 4 N–H and O–H groups in total. The molecule has 2 heterocycles. The first-order valence-electron chi connectivity index (χ1n) is 11.8. The lowest BCUT2D eigenvalue weighted by Gasteiger charge is -2.23. The minimum Gasteiger partial charge on any atom is -0.493 e. The van der Waals surface area contributed by atoms with E-state index in [1.807, 2.05) is 13.8 Å². The number of methoxy groups -OCH3 is 1. The number of nitrogens with two attached hydrogens (primary N) is 1. The van der Waals surface area contributed by atoms with Crippen molar-refractivity contribution in [1.29, 1.82) is 0 Å². The number of carbonyl (C=O) groups excluding carboxylic acids is 2. The van der Waals surface area contributed by atoms with Gasteiger partial charge in [0.2, 0.25) is 0 Å². The van der Waals surface area contributed by atoms with Gasteiger partial charge in [0.25, 0.3) is 0 Å². The molecule has 36 heavy (non-hydrogen) atoms. The summed E-state index contributed by atoms with van der Waals surface area (Å²) in [6, 6.07) is 8.91. The van der Waals surface area contributed by atoms with Crippen LogP contribution in [0.15, 0.2) is 42.6 Å². The molecule has 4 rings (SSSR count). The van der Waals surface area contributed by atoms with Crippen LogP contribution in [-0.2, 0) is 9.59 Å². The molecule has 9 nitrogen and oxygen atoms in total. The third-order valence-electron chi connectivity index (χ3n) is 5.55. The standard InChI is InChI=1S/C24H25FN4O5.C2H6/c1-32-21-11-16-18(12-22(21)33-13-14-4-7-27-8-5-14)28-9-6-19(16)34-20-3-2-15(10-17(20)25)29-24(31)23(26)30;1-2/h2-3,6,9-12,14,27H,4-5,7-8,13H2,1H3,(H2,26,30)(H,29,31);1-2H3. The molecular weight excluding hydrogens is 467 g/mol. The van der Waals surface area contributed by atoms with Crippen molar-refractivity contribution in [2.75, 3.05) is 32.1 Å². The summed E-state index contributed by atoms with van der Waals surface area (Å²) in [7, 11) is 1.55. The number of fused-ring (bicyclic) bond motifs is 1. The third kappa shape index (κ3) is 6.60. The van der Waals surface area contributed by atoms with Gasteiger partial charge in [-0.3, -0.25) is 14.6 Å². The molecule has 0 atom stereocenters. The fourth-order valence-electron chi connectivity index (χ4n) is 3.72. The van der Waals surface area contributed by atoms with Gasteiger partial charge in [-0.05, 0) is 56.1 Å². The quantitative estimate of drug-likeness (QED) is 0.421. The molecule has 0 radical (unpaired) electrons. The Kier molecular flexibility index (Phi) is 9.40. The van der Waals surface area contributed by atoms with Gasteiger partial charge >= 0.3 is 11.8 Å². The molecule has 0 spiro atoms. The number of primary amides is 1. The van der Waals surface area contributed by atoms with Crippen molar-refractivity contribution in [2.24, 2.45) is 11.7 Å².